The summed E-state index contributed by atoms with van der Waals surface area (Å²) in [5, 5.41) is 12.1. The molecule has 3 aromatic rings. The van der Waals surface area contributed by atoms with E-state index in [1.165, 1.54) is 0 Å². The Hall–Kier alpha value is -3.34. The second-order valence-corrected chi connectivity index (χ2v) is 5.17. The number of rotatable bonds is 5. The number of benzene rings is 2. The highest BCUT2D eigenvalue weighted by Gasteiger charge is 2.04. The molecule has 120 valence electrons. The molecule has 0 radical (unpaired) electrons. The number of hydrogen-bond donors (Lipinski definition) is 2. The van der Waals surface area contributed by atoms with Crippen LogP contribution in [0, 0.1) is 0 Å². The maximum absolute atomic E-state index is 10.9. The number of nitrogens with one attached hydrogen (secondary N) is 1. The minimum absolute atomic E-state index is 0.268. The zero-order valence-corrected chi connectivity index (χ0v) is 13.1. The van der Waals surface area contributed by atoms with Gasteiger partial charge in [-0.3, -0.25) is 0 Å². The molecule has 0 aliphatic rings. The number of carboxylic acid groups (broad SMARTS) is 1. The van der Waals surface area contributed by atoms with Gasteiger partial charge in [0.25, 0.3) is 0 Å². The lowest BCUT2D eigenvalue weighted by Gasteiger charge is -2.08. The largest absolute Gasteiger partial charge is 0.497 e. The number of aromatic carboxylic acids is 1. The number of anilines is 2. The van der Waals surface area contributed by atoms with Crippen LogP contribution in [-0.4, -0.2) is 23.2 Å². The minimum Gasteiger partial charge on any atom is -0.497 e. The minimum atomic E-state index is -0.932. The van der Waals surface area contributed by atoms with Crippen molar-refractivity contribution in [2.24, 2.45) is 0 Å². The lowest BCUT2D eigenvalue weighted by molar-refractivity contribution is 0.0697. The molecule has 0 atom stereocenters. The molecule has 0 saturated heterocycles. The molecule has 0 unspecified atom stereocenters. The summed E-state index contributed by atoms with van der Waals surface area (Å²) in [4.78, 5) is 15.3. The smallest absolute Gasteiger partial charge is 0.335 e. The molecular formula is C19H16N2O3. The van der Waals surface area contributed by atoms with Crippen molar-refractivity contribution >= 4 is 17.5 Å². The van der Waals surface area contributed by atoms with Crippen LogP contribution >= 0.6 is 0 Å². The fourth-order valence-electron chi connectivity index (χ4n) is 2.27. The van der Waals surface area contributed by atoms with Gasteiger partial charge in [-0.25, -0.2) is 9.78 Å². The van der Waals surface area contributed by atoms with Gasteiger partial charge in [-0.1, -0.05) is 12.1 Å². The Kier molecular flexibility index (Phi) is 4.43. The third-order valence-electron chi connectivity index (χ3n) is 3.59. The Balaban J connectivity index is 1.73. The molecule has 0 amide bonds. The predicted molar refractivity (Wildman–Crippen MR) is 92.9 cm³/mol. The lowest BCUT2D eigenvalue weighted by atomic mass is 10.1. The first-order valence-electron chi connectivity index (χ1n) is 7.36. The van der Waals surface area contributed by atoms with Crippen molar-refractivity contribution < 1.29 is 14.6 Å². The number of aromatic nitrogens is 1. The van der Waals surface area contributed by atoms with Crippen LogP contribution in [0.15, 0.2) is 66.9 Å². The zero-order chi connectivity index (χ0) is 16.9. The van der Waals surface area contributed by atoms with Crippen molar-refractivity contribution in [2.45, 2.75) is 0 Å². The van der Waals surface area contributed by atoms with Gasteiger partial charge >= 0.3 is 5.97 Å². The van der Waals surface area contributed by atoms with Crippen LogP contribution in [0.1, 0.15) is 10.4 Å². The van der Waals surface area contributed by atoms with Crippen LogP contribution in [0.3, 0.4) is 0 Å². The zero-order valence-electron chi connectivity index (χ0n) is 13.1. The monoisotopic (exact) mass is 320 g/mol. The van der Waals surface area contributed by atoms with Crippen LogP contribution in [-0.2, 0) is 0 Å². The van der Waals surface area contributed by atoms with Gasteiger partial charge in [0.2, 0.25) is 0 Å². The van der Waals surface area contributed by atoms with Gasteiger partial charge in [-0.15, -0.1) is 0 Å². The lowest BCUT2D eigenvalue weighted by Crippen LogP contribution is -1.95. The Labute approximate surface area is 139 Å². The number of pyridine rings is 1. The molecule has 2 N–H and O–H groups in total. The summed E-state index contributed by atoms with van der Waals surface area (Å²) >= 11 is 0. The Morgan fingerprint density at radius 2 is 1.62 bits per heavy atom. The topological polar surface area (TPSA) is 71.5 Å². The molecule has 24 heavy (non-hydrogen) atoms. The first kappa shape index (κ1) is 15.6. The molecule has 0 bridgehead atoms. The van der Waals surface area contributed by atoms with Gasteiger partial charge in [0.15, 0.2) is 0 Å². The Bertz CT molecular complexity index is 826. The van der Waals surface area contributed by atoms with Crippen LogP contribution in [0.25, 0.3) is 11.1 Å². The van der Waals surface area contributed by atoms with Crippen molar-refractivity contribution in [1.82, 2.24) is 4.98 Å². The number of methoxy groups -OCH3 is 1. The first-order chi connectivity index (χ1) is 11.7. The van der Waals surface area contributed by atoms with E-state index in [0.717, 1.165) is 28.4 Å². The van der Waals surface area contributed by atoms with Crippen molar-refractivity contribution in [3.63, 3.8) is 0 Å². The van der Waals surface area contributed by atoms with Crippen LogP contribution in [0.2, 0.25) is 0 Å². The summed E-state index contributed by atoms with van der Waals surface area (Å²) in [5.74, 6) is 0.596. The van der Waals surface area contributed by atoms with Gasteiger partial charge < -0.3 is 15.2 Å². The maximum Gasteiger partial charge on any atom is 0.335 e. The molecule has 2 aromatic carbocycles. The molecule has 1 aromatic heterocycles. The van der Waals surface area contributed by atoms with E-state index < -0.39 is 5.97 Å². The van der Waals surface area contributed by atoms with Gasteiger partial charge in [-0.05, 0) is 54.1 Å². The van der Waals surface area contributed by atoms with E-state index >= 15 is 0 Å². The van der Waals surface area contributed by atoms with E-state index in [2.05, 4.69) is 10.3 Å². The van der Waals surface area contributed by atoms with Gasteiger partial charge in [-0.2, -0.15) is 0 Å². The number of carboxylic acids is 1. The van der Waals surface area contributed by atoms with E-state index in [1.807, 2.05) is 36.4 Å². The highest BCUT2D eigenvalue weighted by atomic mass is 16.5. The third-order valence-corrected chi connectivity index (χ3v) is 3.59. The first-order valence-corrected chi connectivity index (χ1v) is 7.36. The molecule has 3 rings (SSSR count). The predicted octanol–water partition coefficient (Wildman–Crippen LogP) is 4.20. The molecule has 1 heterocycles. The van der Waals surface area contributed by atoms with Gasteiger partial charge in [0.05, 0.1) is 12.7 Å². The molecule has 5 heteroatoms. The Morgan fingerprint density at radius 3 is 2.17 bits per heavy atom. The number of nitrogens with zero attached hydrogens (tertiary/aromatic N) is 1. The molecule has 5 nitrogen and oxygen atoms in total. The summed E-state index contributed by atoms with van der Waals surface area (Å²) in [6.45, 7) is 0. The highest BCUT2D eigenvalue weighted by Crippen LogP contribution is 2.22. The third kappa shape index (κ3) is 3.52. The van der Waals surface area contributed by atoms with E-state index in [-0.39, 0.29) is 5.56 Å². The Morgan fingerprint density at radius 1 is 0.958 bits per heavy atom. The van der Waals surface area contributed by atoms with Crippen molar-refractivity contribution in [2.75, 3.05) is 12.4 Å². The summed E-state index contributed by atoms with van der Waals surface area (Å²) in [6, 6.07) is 18.1. The van der Waals surface area contributed by atoms with E-state index in [9.17, 15) is 4.79 Å². The van der Waals surface area contributed by atoms with E-state index in [4.69, 9.17) is 9.84 Å². The second-order valence-electron chi connectivity index (χ2n) is 5.17. The molecule has 0 aliphatic carbocycles. The maximum atomic E-state index is 10.9. The summed E-state index contributed by atoms with van der Waals surface area (Å²) < 4.78 is 5.13. The number of carbonyl (C=O) groups is 1. The quantitative estimate of drug-likeness (QED) is 0.737. The average molecular weight is 320 g/mol. The summed E-state index contributed by atoms with van der Waals surface area (Å²) in [6.07, 6.45) is 1.75. The molecule has 0 spiro atoms. The fourth-order valence-corrected chi connectivity index (χ4v) is 2.27. The van der Waals surface area contributed by atoms with Crippen LogP contribution < -0.4 is 10.1 Å². The van der Waals surface area contributed by atoms with Gasteiger partial charge in [0.1, 0.15) is 11.6 Å². The molecule has 0 fully saturated rings. The second kappa shape index (κ2) is 6.83. The highest BCUT2D eigenvalue weighted by molar-refractivity contribution is 5.88. The summed E-state index contributed by atoms with van der Waals surface area (Å²) in [5.41, 5.74) is 3.03. The molecule has 0 aliphatic heterocycles. The number of hydrogen-bond acceptors (Lipinski definition) is 4. The van der Waals surface area contributed by atoms with Crippen LogP contribution in [0.4, 0.5) is 11.5 Å². The normalized spacial score (nSPS) is 10.2. The summed E-state index contributed by atoms with van der Waals surface area (Å²) in [7, 11) is 1.63. The number of ether oxygens (including phenoxy) is 1. The van der Waals surface area contributed by atoms with Crippen molar-refractivity contribution in [3.8, 4) is 16.9 Å². The van der Waals surface area contributed by atoms with Gasteiger partial charge in [0, 0.05) is 17.4 Å². The SMILES string of the molecule is COc1ccc(Nc2ccc(-c3ccc(C(=O)O)cc3)cn2)cc1. The molecular weight excluding hydrogens is 304 g/mol. The van der Waals surface area contributed by atoms with E-state index in [1.54, 1.807) is 37.6 Å². The standard InChI is InChI=1S/C19H16N2O3/c1-24-17-9-7-16(8-10-17)21-18-11-6-15(12-20-18)13-2-4-14(5-3-13)19(22)23/h2-12H,1H3,(H,20,21)(H,22,23). The molecule has 0 saturated carbocycles. The average Bonchev–Trinajstić information content (AvgIpc) is 2.63. The fraction of sp³-hybridized carbons (Fsp3) is 0.0526. The van der Waals surface area contributed by atoms with E-state index in [0.29, 0.717) is 0 Å². The van der Waals surface area contributed by atoms with Crippen molar-refractivity contribution in [1.29, 1.82) is 0 Å². The van der Waals surface area contributed by atoms with Crippen LogP contribution in [0.5, 0.6) is 5.75 Å². The van der Waals surface area contributed by atoms with Crippen molar-refractivity contribution in [3.05, 3.63) is 72.4 Å².